The number of thiazole rings is 1. The van der Waals surface area contributed by atoms with Gasteiger partial charge in [0.15, 0.2) is 5.13 Å². The van der Waals surface area contributed by atoms with E-state index >= 15 is 0 Å². The maximum Gasteiger partial charge on any atom is 0.387 e. The minimum atomic E-state index is -2.93. The number of likely N-dealkylation sites (tertiary alicyclic amines) is 1. The van der Waals surface area contributed by atoms with E-state index in [1.807, 2.05) is 11.4 Å². The van der Waals surface area contributed by atoms with Crippen LogP contribution in [0, 0.1) is 5.92 Å². The number of anilines is 1. The Morgan fingerprint density at radius 2 is 1.90 bits per heavy atom. The van der Waals surface area contributed by atoms with E-state index in [0.29, 0.717) is 47.2 Å². The van der Waals surface area contributed by atoms with Crippen LogP contribution in [0.1, 0.15) is 22.5 Å². The molecule has 0 radical (unpaired) electrons. The van der Waals surface area contributed by atoms with Crippen LogP contribution in [0.4, 0.5) is 13.9 Å². The van der Waals surface area contributed by atoms with Crippen molar-refractivity contribution in [2.75, 3.05) is 18.4 Å². The number of carbonyl (C=O) groups excluding carboxylic acids is 2. The Morgan fingerprint density at radius 1 is 1.13 bits per heavy atom. The van der Waals surface area contributed by atoms with Gasteiger partial charge in [0.25, 0.3) is 5.91 Å². The first-order valence-electron chi connectivity index (χ1n) is 9.64. The molecule has 0 bridgehead atoms. The molecule has 2 aromatic heterocycles. The topological polar surface area (TPSA) is 71.5 Å². The van der Waals surface area contributed by atoms with Crippen LogP contribution < -0.4 is 10.1 Å². The van der Waals surface area contributed by atoms with E-state index in [-0.39, 0.29) is 23.5 Å². The molecule has 31 heavy (non-hydrogen) atoms. The van der Waals surface area contributed by atoms with Gasteiger partial charge in [0.1, 0.15) is 5.75 Å². The largest absolute Gasteiger partial charge is 0.434 e. The summed E-state index contributed by atoms with van der Waals surface area (Å²) in [5, 5.41) is 6.76. The maximum atomic E-state index is 12.7. The van der Waals surface area contributed by atoms with Gasteiger partial charge in [0.05, 0.1) is 10.6 Å². The number of para-hydroxylation sites is 1. The summed E-state index contributed by atoms with van der Waals surface area (Å²) in [7, 11) is 0. The number of amides is 2. The van der Waals surface area contributed by atoms with Gasteiger partial charge in [-0.05, 0) is 36.4 Å². The highest BCUT2D eigenvalue weighted by Crippen LogP contribution is 2.33. The van der Waals surface area contributed by atoms with Crippen molar-refractivity contribution in [1.82, 2.24) is 9.88 Å². The number of halogens is 2. The second-order valence-electron chi connectivity index (χ2n) is 6.95. The number of rotatable bonds is 6. The molecule has 1 aliphatic rings. The van der Waals surface area contributed by atoms with Crippen LogP contribution in [-0.4, -0.2) is 41.4 Å². The van der Waals surface area contributed by atoms with Crippen LogP contribution in [-0.2, 0) is 4.79 Å². The van der Waals surface area contributed by atoms with Gasteiger partial charge in [0, 0.05) is 30.0 Å². The van der Waals surface area contributed by atoms with E-state index < -0.39 is 6.61 Å². The molecular weight excluding hydrogens is 444 g/mol. The molecule has 4 rings (SSSR count). The first-order valence-corrected chi connectivity index (χ1v) is 11.4. The number of carbonyl (C=O) groups is 2. The highest BCUT2D eigenvalue weighted by molar-refractivity contribution is 7.14. The summed E-state index contributed by atoms with van der Waals surface area (Å²) in [4.78, 5) is 31.9. The highest BCUT2D eigenvalue weighted by atomic mass is 32.1. The lowest BCUT2D eigenvalue weighted by atomic mass is 9.96. The molecule has 3 heterocycles. The Balaban J connectivity index is 1.35. The molecule has 1 saturated heterocycles. The van der Waals surface area contributed by atoms with E-state index in [2.05, 4.69) is 15.0 Å². The number of ether oxygens (including phenoxy) is 1. The highest BCUT2D eigenvalue weighted by Gasteiger charge is 2.28. The average Bonchev–Trinajstić information content (AvgIpc) is 3.46. The van der Waals surface area contributed by atoms with Gasteiger partial charge in [-0.15, -0.1) is 22.7 Å². The summed E-state index contributed by atoms with van der Waals surface area (Å²) < 4.78 is 29.8. The third-order valence-electron chi connectivity index (χ3n) is 5.00. The van der Waals surface area contributed by atoms with E-state index in [4.69, 9.17) is 0 Å². The third-order valence-corrected chi connectivity index (χ3v) is 6.61. The molecule has 1 aromatic carbocycles. The number of alkyl halides is 2. The minimum Gasteiger partial charge on any atom is -0.434 e. The maximum absolute atomic E-state index is 12.7. The molecule has 0 unspecified atom stereocenters. The lowest BCUT2D eigenvalue weighted by Crippen LogP contribution is -2.41. The molecule has 0 aliphatic carbocycles. The van der Waals surface area contributed by atoms with Gasteiger partial charge in [-0.3, -0.25) is 9.59 Å². The molecule has 0 atom stereocenters. The van der Waals surface area contributed by atoms with Crippen LogP contribution in [0.2, 0.25) is 0 Å². The second kappa shape index (κ2) is 9.52. The van der Waals surface area contributed by atoms with Gasteiger partial charge >= 0.3 is 6.61 Å². The Hall–Kier alpha value is -2.85. The minimum absolute atomic E-state index is 0.00288. The summed E-state index contributed by atoms with van der Waals surface area (Å²) in [6.45, 7) is -1.89. The lowest BCUT2D eigenvalue weighted by Gasteiger charge is -2.30. The van der Waals surface area contributed by atoms with Crippen molar-refractivity contribution >= 4 is 39.6 Å². The molecule has 1 fully saturated rings. The fourth-order valence-electron chi connectivity index (χ4n) is 3.44. The number of hydrogen-bond acceptors (Lipinski definition) is 6. The quantitative estimate of drug-likeness (QED) is 0.561. The van der Waals surface area contributed by atoms with Crippen molar-refractivity contribution in [2.24, 2.45) is 5.92 Å². The van der Waals surface area contributed by atoms with E-state index in [0.717, 1.165) is 0 Å². The number of benzene rings is 1. The summed E-state index contributed by atoms with van der Waals surface area (Å²) >= 11 is 2.63. The van der Waals surface area contributed by atoms with Crippen molar-refractivity contribution < 1.29 is 23.1 Å². The summed E-state index contributed by atoms with van der Waals surface area (Å²) in [5.74, 6) is -0.331. The average molecular weight is 464 g/mol. The molecule has 2 amide bonds. The zero-order chi connectivity index (χ0) is 21.8. The van der Waals surface area contributed by atoms with Crippen molar-refractivity contribution in [2.45, 2.75) is 19.5 Å². The monoisotopic (exact) mass is 463 g/mol. The molecule has 0 spiro atoms. The van der Waals surface area contributed by atoms with Crippen LogP contribution in [0.25, 0.3) is 11.3 Å². The number of piperidine rings is 1. The number of thiophene rings is 1. The van der Waals surface area contributed by atoms with Gasteiger partial charge in [0.2, 0.25) is 5.91 Å². The molecule has 1 N–H and O–H groups in total. The lowest BCUT2D eigenvalue weighted by molar-refractivity contribution is -0.121. The standard InChI is InChI=1S/C21H19F2N3O3S2/c22-20(23)29-16-5-2-1-4-14(16)15-12-31-21(24-15)25-18(27)13-7-9-26(10-8-13)19(28)17-6-3-11-30-17/h1-6,11-13,20H,7-10H2,(H,24,25,27). The molecular formula is C21H19F2N3O3S2. The Labute approximate surface area is 185 Å². The van der Waals surface area contributed by atoms with Crippen LogP contribution in [0.15, 0.2) is 47.2 Å². The zero-order valence-corrected chi connectivity index (χ0v) is 17.9. The molecule has 3 aromatic rings. The summed E-state index contributed by atoms with van der Waals surface area (Å²) in [6, 6.07) is 10.0. The first-order chi connectivity index (χ1) is 15.0. The van der Waals surface area contributed by atoms with E-state index in [1.54, 1.807) is 34.5 Å². The van der Waals surface area contributed by atoms with Crippen LogP contribution in [0.5, 0.6) is 5.75 Å². The predicted molar refractivity (Wildman–Crippen MR) is 116 cm³/mol. The Kier molecular flexibility index (Phi) is 6.57. The van der Waals surface area contributed by atoms with E-state index in [1.165, 1.54) is 28.7 Å². The fourth-order valence-corrected chi connectivity index (χ4v) is 4.84. The van der Waals surface area contributed by atoms with Gasteiger partial charge in [-0.1, -0.05) is 18.2 Å². The van der Waals surface area contributed by atoms with Crippen LogP contribution in [0.3, 0.4) is 0 Å². The van der Waals surface area contributed by atoms with Gasteiger partial charge < -0.3 is 15.0 Å². The Morgan fingerprint density at radius 3 is 2.61 bits per heavy atom. The van der Waals surface area contributed by atoms with Crippen molar-refractivity contribution in [1.29, 1.82) is 0 Å². The molecule has 6 nitrogen and oxygen atoms in total. The first kappa shape index (κ1) is 21.4. The summed E-state index contributed by atoms with van der Waals surface area (Å²) in [6.07, 6.45) is 1.15. The SMILES string of the molecule is O=C(Nc1nc(-c2ccccc2OC(F)F)cs1)C1CCN(C(=O)c2cccs2)CC1. The molecule has 0 saturated carbocycles. The molecule has 1 aliphatic heterocycles. The van der Waals surface area contributed by atoms with Crippen molar-refractivity contribution in [3.63, 3.8) is 0 Å². The summed E-state index contributed by atoms with van der Waals surface area (Å²) in [5.41, 5.74) is 0.882. The number of nitrogens with zero attached hydrogens (tertiary/aromatic N) is 2. The predicted octanol–water partition coefficient (Wildman–Crippen LogP) is 4.96. The fraction of sp³-hybridized carbons (Fsp3) is 0.286. The van der Waals surface area contributed by atoms with E-state index in [9.17, 15) is 18.4 Å². The zero-order valence-electron chi connectivity index (χ0n) is 16.3. The normalized spacial score (nSPS) is 14.6. The molecule has 162 valence electrons. The number of aromatic nitrogens is 1. The molecule has 10 heteroatoms. The van der Waals surface area contributed by atoms with Crippen molar-refractivity contribution in [3.8, 4) is 17.0 Å². The number of hydrogen-bond donors (Lipinski definition) is 1. The smallest absolute Gasteiger partial charge is 0.387 e. The second-order valence-corrected chi connectivity index (χ2v) is 8.75. The van der Waals surface area contributed by atoms with Crippen LogP contribution >= 0.6 is 22.7 Å². The number of nitrogens with one attached hydrogen (secondary N) is 1. The third kappa shape index (κ3) is 5.08. The van der Waals surface area contributed by atoms with Crippen molar-refractivity contribution in [3.05, 3.63) is 52.0 Å². The van der Waals surface area contributed by atoms with Gasteiger partial charge in [-0.2, -0.15) is 8.78 Å². The van der Waals surface area contributed by atoms with Gasteiger partial charge in [-0.25, -0.2) is 4.98 Å². The Bertz CT molecular complexity index is 1050.